The van der Waals surface area contributed by atoms with Crippen molar-refractivity contribution in [3.05, 3.63) is 93.8 Å². The molecule has 4 aromatic rings. The minimum absolute atomic E-state index is 0.216. The number of benzene rings is 3. The van der Waals surface area contributed by atoms with E-state index < -0.39 is 11.7 Å². The zero-order chi connectivity index (χ0) is 20.6. The molecule has 0 amide bonds. The first-order valence-corrected chi connectivity index (χ1v) is 9.48. The monoisotopic (exact) mass is 463 g/mol. The Morgan fingerprint density at radius 3 is 2.45 bits per heavy atom. The van der Waals surface area contributed by atoms with Gasteiger partial charge in [-0.3, -0.25) is 0 Å². The Morgan fingerprint density at radius 2 is 1.72 bits per heavy atom. The van der Waals surface area contributed by atoms with Crippen molar-refractivity contribution >= 4 is 26.8 Å². The second-order valence-corrected chi connectivity index (χ2v) is 7.40. The van der Waals surface area contributed by atoms with E-state index in [9.17, 15) is 17.6 Å². The van der Waals surface area contributed by atoms with Crippen LogP contribution in [0, 0.1) is 5.82 Å². The van der Waals surface area contributed by atoms with Gasteiger partial charge in [0.05, 0.1) is 10.0 Å². The number of rotatable bonds is 4. The highest BCUT2D eigenvalue weighted by molar-refractivity contribution is 9.10. The zero-order valence-electron chi connectivity index (χ0n) is 14.9. The summed E-state index contributed by atoms with van der Waals surface area (Å²) in [6, 6.07) is 15.0. The van der Waals surface area contributed by atoms with E-state index in [2.05, 4.69) is 20.9 Å². The molecule has 0 spiro atoms. The summed E-state index contributed by atoms with van der Waals surface area (Å²) in [5, 5.41) is 0.826. The molecule has 1 N–H and O–H groups in total. The lowest BCUT2D eigenvalue weighted by Gasteiger charge is -2.15. The lowest BCUT2D eigenvalue weighted by atomic mass is 10.0. The quantitative estimate of drug-likeness (QED) is 0.312. The van der Waals surface area contributed by atoms with Gasteiger partial charge in [-0.15, -0.1) is 0 Å². The molecule has 1 aromatic heterocycles. The summed E-state index contributed by atoms with van der Waals surface area (Å²) in [6.07, 6.45) is -2.16. The summed E-state index contributed by atoms with van der Waals surface area (Å²) in [5.41, 5.74) is 1.83. The van der Waals surface area contributed by atoms with Crippen molar-refractivity contribution in [1.82, 2.24) is 4.98 Å². The summed E-state index contributed by atoms with van der Waals surface area (Å²) in [7, 11) is 0. The number of nitrogens with one attached hydrogen (secondary N) is 1. The van der Waals surface area contributed by atoms with E-state index >= 15 is 0 Å². The lowest BCUT2D eigenvalue weighted by molar-refractivity contribution is -0.138. The predicted molar refractivity (Wildman–Crippen MR) is 107 cm³/mol. The maximum absolute atomic E-state index is 13.3. The van der Waals surface area contributed by atoms with Crippen LogP contribution in [0.5, 0.6) is 11.5 Å². The van der Waals surface area contributed by atoms with Crippen molar-refractivity contribution in [3.8, 4) is 11.5 Å². The van der Waals surface area contributed by atoms with E-state index in [1.54, 1.807) is 30.3 Å². The van der Waals surface area contributed by atoms with Gasteiger partial charge in [-0.1, -0.05) is 18.2 Å². The molecule has 1 heterocycles. The highest BCUT2D eigenvalue weighted by Crippen LogP contribution is 2.42. The van der Waals surface area contributed by atoms with E-state index in [1.165, 1.54) is 24.3 Å². The molecule has 0 aliphatic carbocycles. The van der Waals surface area contributed by atoms with Gasteiger partial charge in [0.25, 0.3) is 0 Å². The van der Waals surface area contributed by atoms with Gasteiger partial charge < -0.3 is 9.72 Å². The number of ether oxygens (including phenoxy) is 1. The second-order valence-electron chi connectivity index (χ2n) is 6.54. The van der Waals surface area contributed by atoms with E-state index in [1.807, 2.05) is 6.20 Å². The van der Waals surface area contributed by atoms with E-state index in [0.717, 1.165) is 28.1 Å². The lowest BCUT2D eigenvalue weighted by Crippen LogP contribution is -2.07. The van der Waals surface area contributed by atoms with Crippen LogP contribution < -0.4 is 4.74 Å². The molecule has 0 aliphatic heterocycles. The molecule has 0 unspecified atom stereocenters. The molecule has 0 bridgehead atoms. The Morgan fingerprint density at radius 1 is 0.966 bits per heavy atom. The fraction of sp³-hybridized carbons (Fsp3) is 0.0909. The van der Waals surface area contributed by atoms with Crippen molar-refractivity contribution < 1.29 is 22.3 Å². The third-order valence-electron chi connectivity index (χ3n) is 4.54. The molecule has 0 atom stereocenters. The smallest absolute Gasteiger partial charge is 0.420 e. The number of H-pyrrole nitrogens is 1. The Kier molecular flexibility index (Phi) is 5.08. The Hall–Kier alpha value is -2.80. The molecule has 148 valence electrons. The molecule has 2 nitrogen and oxygen atoms in total. The van der Waals surface area contributed by atoms with Crippen molar-refractivity contribution in [1.29, 1.82) is 0 Å². The van der Waals surface area contributed by atoms with Gasteiger partial charge in [0.1, 0.15) is 11.6 Å². The molecule has 4 rings (SSSR count). The molecule has 3 aromatic carbocycles. The number of para-hydroxylation sites is 1. The van der Waals surface area contributed by atoms with Gasteiger partial charge >= 0.3 is 6.18 Å². The SMILES string of the molecule is Fc1ccc(Cc2c[nH]c3ccc(Oc4c(Br)cccc4C(F)(F)F)cc23)cc1. The summed E-state index contributed by atoms with van der Waals surface area (Å²) in [5.74, 6) is -0.304. The summed E-state index contributed by atoms with van der Waals surface area (Å²) in [4.78, 5) is 3.14. The van der Waals surface area contributed by atoms with E-state index in [0.29, 0.717) is 6.42 Å². The van der Waals surface area contributed by atoms with Gasteiger partial charge in [-0.25, -0.2) is 4.39 Å². The van der Waals surface area contributed by atoms with Gasteiger partial charge in [-0.05, 0) is 75.9 Å². The first kappa shape index (κ1) is 19.5. The molecular formula is C22H14BrF4NO. The first-order valence-electron chi connectivity index (χ1n) is 8.69. The van der Waals surface area contributed by atoms with Crippen molar-refractivity contribution in [2.45, 2.75) is 12.6 Å². The maximum atomic E-state index is 13.3. The molecule has 29 heavy (non-hydrogen) atoms. The largest absolute Gasteiger partial charge is 0.456 e. The minimum atomic E-state index is -4.54. The summed E-state index contributed by atoms with van der Waals surface area (Å²) >= 11 is 3.14. The Balaban J connectivity index is 1.69. The standard InChI is InChI=1S/C22H14BrF4NO/c23-19-3-1-2-18(22(25,26)27)21(19)29-16-8-9-20-17(11-16)14(12-28-20)10-13-4-6-15(24)7-5-13/h1-9,11-12,28H,10H2. The third-order valence-corrected chi connectivity index (χ3v) is 5.16. The molecule has 0 aliphatic rings. The summed E-state index contributed by atoms with van der Waals surface area (Å²) in [6.45, 7) is 0. The van der Waals surface area contributed by atoms with Crippen LogP contribution in [0.2, 0.25) is 0 Å². The highest BCUT2D eigenvalue weighted by Gasteiger charge is 2.35. The van der Waals surface area contributed by atoms with E-state index in [4.69, 9.17) is 4.74 Å². The van der Waals surface area contributed by atoms with Crippen molar-refractivity contribution in [2.75, 3.05) is 0 Å². The van der Waals surface area contributed by atoms with Crippen LogP contribution in [-0.2, 0) is 12.6 Å². The molecule has 0 saturated heterocycles. The van der Waals surface area contributed by atoms with Crippen molar-refractivity contribution in [2.24, 2.45) is 0 Å². The van der Waals surface area contributed by atoms with Crippen LogP contribution in [0.15, 0.2) is 71.3 Å². The fourth-order valence-electron chi connectivity index (χ4n) is 3.14. The van der Waals surface area contributed by atoms with Gasteiger partial charge in [0, 0.05) is 17.1 Å². The topological polar surface area (TPSA) is 25.0 Å². The Bertz CT molecular complexity index is 1170. The maximum Gasteiger partial charge on any atom is 0.420 e. The van der Waals surface area contributed by atoms with Crippen LogP contribution in [0.25, 0.3) is 10.9 Å². The van der Waals surface area contributed by atoms with Gasteiger partial charge in [0.2, 0.25) is 0 Å². The number of hydrogen-bond acceptors (Lipinski definition) is 1. The Labute approximate surface area is 172 Å². The first-order chi connectivity index (χ1) is 13.8. The average molecular weight is 464 g/mol. The third kappa shape index (κ3) is 4.15. The number of alkyl halides is 3. The minimum Gasteiger partial charge on any atom is -0.456 e. The van der Waals surface area contributed by atoms with Crippen LogP contribution >= 0.6 is 15.9 Å². The van der Waals surface area contributed by atoms with Crippen LogP contribution in [0.3, 0.4) is 0 Å². The number of aromatic nitrogens is 1. The zero-order valence-corrected chi connectivity index (χ0v) is 16.4. The number of aromatic amines is 1. The number of halogens is 5. The number of hydrogen-bond donors (Lipinski definition) is 1. The normalized spacial score (nSPS) is 11.8. The second kappa shape index (κ2) is 7.55. The van der Waals surface area contributed by atoms with Crippen molar-refractivity contribution in [3.63, 3.8) is 0 Å². The molecule has 0 radical (unpaired) electrons. The van der Waals surface area contributed by atoms with Crippen LogP contribution in [0.4, 0.5) is 17.6 Å². The molecule has 0 fully saturated rings. The number of fused-ring (bicyclic) bond motifs is 1. The van der Waals surface area contributed by atoms with Crippen LogP contribution in [0.1, 0.15) is 16.7 Å². The van der Waals surface area contributed by atoms with Gasteiger partial charge in [0.15, 0.2) is 5.75 Å². The van der Waals surface area contributed by atoms with Crippen LogP contribution in [-0.4, -0.2) is 4.98 Å². The molecule has 0 saturated carbocycles. The molecular weight excluding hydrogens is 450 g/mol. The summed E-state index contributed by atoms with van der Waals surface area (Å²) < 4.78 is 59.0. The van der Waals surface area contributed by atoms with E-state index in [-0.39, 0.29) is 21.8 Å². The average Bonchev–Trinajstić information content (AvgIpc) is 3.06. The predicted octanol–water partition coefficient (Wildman–Crippen LogP) is 7.47. The fourth-order valence-corrected chi connectivity index (χ4v) is 3.59. The highest BCUT2D eigenvalue weighted by atomic mass is 79.9. The molecule has 7 heteroatoms. The van der Waals surface area contributed by atoms with Gasteiger partial charge in [-0.2, -0.15) is 13.2 Å².